The summed E-state index contributed by atoms with van der Waals surface area (Å²) in [6.45, 7) is 0.480. The van der Waals surface area contributed by atoms with Crippen molar-refractivity contribution < 1.29 is 23.1 Å². The molecule has 3 rings (SSSR count). The molecule has 5 nitrogen and oxygen atoms in total. The molecule has 31 heavy (non-hydrogen) atoms. The van der Waals surface area contributed by atoms with Crippen molar-refractivity contribution in [3.63, 3.8) is 0 Å². The lowest BCUT2D eigenvalue weighted by Crippen LogP contribution is -2.39. The maximum atomic E-state index is 13.5. The number of aliphatic hydroxyl groups is 1. The van der Waals surface area contributed by atoms with E-state index in [9.17, 15) is 18.0 Å². The van der Waals surface area contributed by atoms with Crippen LogP contribution in [0.3, 0.4) is 0 Å². The number of rotatable bonds is 6. The van der Waals surface area contributed by atoms with Crippen LogP contribution in [0.15, 0.2) is 42.5 Å². The lowest BCUT2D eigenvalue weighted by Gasteiger charge is -2.32. The standard InChI is InChI=1S/C22H21ClF3N3O2/c23-20-11-17(6-5-15(20)12-27)29(18-7-9-28(14-18)21(31)8-10-30)13-16-3-1-2-4-19(16)22(24,25)26/h1-6,11,18,30H,7-10,13-14H2/t18-/m0/s1. The molecule has 1 fully saturated rings. The number of carbonyl (C=O) groups excluding carboxylic acids is 1. The minimum atomic E-state index is -4.50. The van der Waals surface area contributed by atoms with Crippen LogP contribution in [0.25, 0.3) is 0 Å². The number of anilines is 1. The number of aliphatic hydroxyl groups excluding tert-OH is 1. The van der Waals surface area contributed by atoms with Crippen LogP contribution >= 0.6 is 11.6 Å². The van der Waals surface area contributed by atoms with E-state index in [1.54, 1.807) is 28.0 Å². The van der Waals surface area contributed by atoms with E-state index in [1.165, 1.54) is 18.2 Å². The number of benzene rings is 2. The second kappa shape index (κ2) is 9.58. The molecule has 0 spiro atoms. The van der Waals surface area contributed by atoms with Crippen molar-refractivity contribution >= 4 is 23.2 Å². The Balaban J connectivity index is 1.96. The van der Waals surface area contributed by atoms with Gasteiger partial charge in [-0.15, -0.1) is 0 Å². The maximum absolute atomic E-state index is 13.5. The van der Waals surface area contributed by atoms with E-state index in [4.69, 9.17) is 22.0 Å². The zero-order valence-corrected chi connectivity index (χ0v) is 17.3. The Morgan fingerprint density at radius 2 is 2.03 bits per heavy atom. The Bertz CT molecular complexity index is 991. The Labute approximate surface area is 183 Å². The number of nitriles is 1. The molecule has 1 atom stereocenters. The van der Waals surface area contributed by atoms with Crippen molar-refractivity contribution in [2.75, 3.05) is 24.6 Å². The molecule has 0 bridgehead atoms. The summed E-state index contributed by atoms with van der Waals surface area (Å²) in [5.41, 5.74) is 0.233. The first-order valence-electron chi connectivity index (χ1n) is 9.74. The van der Waals surface area contributed by atoms with Crippen LogP contribution in [0.2, 0.25) is 5.02 Å². The number of hydrogen-bond donors (Lipinski definition) is 1. The van der Waals surface area contributed by atoms with Gasteiger partial charge in [0.05, 0.1) is 22.8 Å². The largest absolute Gasteiger partial charge is 0.416 e. The molecular weight excluding hydrogens is 431 g/mol. The minimum absolute atomic E-state index is 0.00627. The zero-order valence-electron chi connectivity index (χ0n) is 16.6. The highest BCUT2D eigenvalue weighted by Crippen LogP contribution is 2.35. The first-order chi connectivity index (χ1) is 14.7. The molecule has 1 aliphatic heterocycles. The molecule has 0 aliphatic carbocycles. The van der Waals surface area contributed by atoms with Gasteiger partial charge >= 0.3 is 6.18 Å². The van der Waals surface area contributed by atoms with Crippen LogP contribution in [0, 0.1) is 11.3 Å². The van der Waals surface area contributed by atoms with Crippen molar-refractivity contribution in [1.82, 2.24) is 4.90 Å². The first-order valence-corrected chi connectivity index (χ1v) is 10.1. The Morgan fingerprint density at radius 3 is 2.68 bits per heavy atom. The van der Waals surface area contributed by atoms with Gasteiger partial charge in [0, 0.05) is 37.8 Å². The number of alkyl halides is 3. The van der Waals surface area contributed by atoms with Crippen LogP contribution in [0.5, 0.6) is 0 Å². The third-order valence-corrected chi connectivity index (χ3v) is 5.66. The maximum Gasteiger partial charge on any atom is 0.416 e. The fourth-order valence-corrected chi connectivity index (χ4v) is 4.02. The van der Waals surface area contributed by atoms with Gasteiger partial charge in [-0.05, 0) is 36.2 Å². The van der Waals surface area contributed by atoms with Crippen LogP contribution in [0.1, 0.15) is 29.5 Å². The van der Waals surface area contributed by atoms with Crippen molar-refractivity contribution in [3.05, 3.63) is 64.2 Å². The van der Waals surface area contributed by atoms with Gasteiger partial charge in [-0.25, -0.2) is 0 Å². The molecule has 9 heteroatoms. The predicted octanol–water partition coefficient (Wildman–Crippen LogP) is 4.22. The van der Waals surface area contributed by atoms with Crippen LogP contribution in [-0.4, -0.2) is 41.7 Å². The summed E-state index contributed by atoms with van der Waals surface area (Å²) < 4.78 is 40.6. The monoisotopic (exact) mass is 451 g/mol. The van der Waals surface area contributed by atoms with Crippen LogP contribution in [0.4, 0.5) is 18.9 Å². The first kappa shape index (κ1) is 22.9. The number of likely N-dealkylation sites (tertiary alicyclic amines) is 1. The molecule has 1 heterocycles. The van der Waals surface area contributed by atoms with Gasteiger partial charge in [-0.2, -0.15) is 18.4 Å². The molecule has 0 saturated carbocycles. The Hall–Kier alpha value is -2.76. The zero-order chi connectivity index (χ0) is 22.6. The summed E-state index contributed by atoms with van der Waals surface area (Å²) >= 11 is 6.19. The van der Waals surface area contributed by atoms with Gasteiger partial charge in [0.25, 0.3) is 0 Å². The summed E-state index contributed by atoms with van der Waals surface area (Å²) in [6.07, 6.45) is -3.93. The minimum Gasteiger partial charge on any atom is -0.396 e. The topological polar surface area (TPSA) is 67.6 Å². The van der Waals surface area contributed by atoms with Gasteiger partial charge in [0.1, 0.15) is 6.07 Å². The van der Waals surface area contributed by atoms with E-state index in [1.807, 2.05) is 6.07 Å². The summed E-state index contributed by atoms with van der Waals surface area (Å²) in [7, 11) is 0. The molecule has 2 aromatic carbocycles. The second-order valence-electron chi connectivity index (χ2n) is 7.31. The molecule has 1 saturated heterocycles. The third kappa shape index (κ3) is 5.30. The summed E-state index contributed by atoms with van der Waals surface area (Å²) in [5.74, 6) is -0.196. The Kier molecular flexibility index (Phi) is 7.08. The van der Waals surface area contributed by atoms with Gasteiger partial charge in [-0.1, -0.05) is 29.8 Å². The van der Waals surface area contributed by atoms with Crippen molar-refractivity contribution in [2.45, 2.75) is 31.6 Å². The van der Waals surface area contributed by atoms with Crippen molar-refractivity contribution in [1.29, 1.82) is 5.26 Å². The number of hydrogen-bond acceptors (Lipinski definition) is 4. The number of nitrogens with zero attached hydrogens (tertiary/aromatic N) is 3. The van der Waals surface area contributed by atoms with Crippen molar-refractivity contribution in [2.24, 2.45) is 0 Å². The molecule has 164 valence electrons. The fourth-order valence-electron chi connectivity index (χ4n) is 3.80. The van der Waals surface area contributed by atoms with E-state index < -0.39 is 11.7 Å². The molecule has 1 N–H and O–H groups in total. The molecule has 0 radical (unpaired) electrons. The van der Waals surface area contributed by atoms with E-state index in [2.05, 4.69) is 0 Å². The molecule has 1 aliphatic rings. The molecule has 0 aromatic heterocycles. The number of amides is 1. The quantitative estimate of drug-likeness (QED) is 0.714. The summed E-state index contributed by atoms with van der Waals surface area (Å²) in [4.78, 5) is 15.6. The number of halogens is 4. The van der Waals surface area contributed by atoms with E-state index >= 15 is 0 Å². The molecular formula is C22H21ClF3N3O2. The van der Waals surface area contributed by atoms with Gasteiger partial charge < -0.3 is 14.9 Å². The van der Waals surface area contributed by atoms with E-state index in [-0.39, 0.29) is 47.7 Å². The lowest BCUT2D eigenvalue weighted by atomic mass is 10.0. The van der Waals surface area contributed by atoms with E-state index in [0.717, 1.165) is 6.07 Å². The van der Waals surface area contributed by atoms with E-state index in [0.29, 0.717) is 25.2 Å². The van der Waals surface area contributed by atoms with Gasteiger partial charge in [0.2, 0.25) is 5.91 Å². The second-order valence-corrected chi connectivity index (χ2v) is 7.72. The Morgan fingerprint density at radius 1 is 1.29 bits per heavy atom. The van der Waals surface area contributed by atoms with Crippen LogP contribution < -0.4 is 4.90 Å². The smallest absolute Gasteiger partial charge is 0.396 e. The molecule has 2 aromatic rings. The normalized spacial score (nSPS) is 16.3. The SMILES string of the molecule is N#Cc1ccc(N(Cc2ccccc2C(F)(F)F)[C@H]2CCN(C(=O)CCO)C2)cc1Cl. The van der Waals surface area contributed by atoms with Crippen LogP contribution in [-0.2, 0) is 17.5 Å². The summed E-state index contributed by atoms with van der Waals surface area (Å²) in [6, 6.07) is 11.9. The third-order valence-electron chi connectivity index (χ3n) is 5.35. The number of carbonyl (C=O) groups is 1. The highest BCUT2D eigenvalue weighted by Gasteiger charge is 2.35. The highest BCUT2D eigenvalue weighted by molar-refractivity contribution is 6.32. The van der Waals surface area contributed by atoms with Gasteiger partial charge in [-0.3, -0.25) is 4.79 Å². The highest BCUT2D eigenvalue weighted by atomic mass is 35.5. The van der Waals surface area contributed by atoms with Crippen molar-refractivity contribution in [3.8, 4) is 6.07 Å². The molecule has 1 amide bonds. The molecule has 0 unspecified atom stereocenters. The predicted molar refractivity (Wildman–Crippen MR) is 110 cm³/mol. The van der Waals surface area contributed by atoms with Gasteiger partial charge in [0.15, 0.2) is 0 Å². The average Bonchev–Trinajstić information content (AvgIpc) is 3.22. The lowest BCUT2D eigenvalue weighted by molar-refractivity contribution is -0.138. The average molecular weight is 452 g/mol. The summed E-state index contributed by atoms with van der Waals surface area (Å²) in [5, 5.41) is 18.4. The fraction of sp³-hybridized carbons (Fsp3) is 0.364.